The lowest BCUT2D eigenvalue weighted by atomic mass is 9.70. The van der Waals surface area contributed by atoms with Crippen molar-refractivity contribution in [3.8, 4) is 0 Å². The Hall–Kier alpha value is -0.370. The van der Waals surface area contributed by atoms with Crippen molar-refractivity contribution in [1.29, 1.82) is 0 Å². The molecule has 6 saturated carbocycles. The maximum atomic E-state index is 11.8. The monoisotopic (exact) mass is 190 g/mol. The molecule has 2 bridgehead atoms. The zero-order chi connectivity index (χ0) is 9.24. The van der Waals surface area contributed by atoms with Crippen LogP contribution in [0.2, 0.25) is 0 Å². The first-order chi connectivity index (χ1) is 6.82. The van der Waals surface area contributed by atoms with Gasteiger partial charge in [0.15, 0.2) is 0 Å². The third-order valence-corrected chi connectivity index (χ3v) is 6.23. The normalized spacial score (nSPS) is 74.1. The van der Waals surface area contributed by atoms with Gasteiger partial charge in [-0.05, 0) is 35.5 Å². The van der Waals surface area contributed by atoms with E-state index in [1.165, 1.54) is 0 Å². The second-order valence-electron chi connectivity index (χ2n) is 6.14. The van der Waals surface area contributed by atoms with E-state index in [0.717, 1.165) is 48.5 Å². The second kappa shape index (κ2) is 1.60. The summed E-state index contributed by atoms with van der Waals surface area (Å²) in [4.78, 5) is 11.8. The molecule has 14 heavy (non-hydrogen) atoms. The van der Waals surface area contributed by atoms with E-state index in [1.807, 2.05) is 7.11 Å². The van der Waals surface area contributed by atoms with Gasteiger partial charge in [0, 0.05) is 24.9 Å². The zero-order valence-electron chi connectivity index (χ0n) is 8.27. The lowest BCUT2D eigenvalue weighted by Crippen LogP contribution is -2.35. The molecular formula is C12H14O2. The lowest BCUT2D eigenvalue weighted by molar-refractivity contribution is -0.130. The van der Waals surface area contributed by atoms with E-state index in [9.17, 15) is 4.79 Å². The van der Waals surface area contributed by atoms with Crippen molar-refractivity contribution < 1.29 is 9.53 Å². The van der Waals surface area contributed by atoms with Gasteiger partial charge in [0.1, 0.15) is 5.78 Å². The van der Waals surface area contributed by atoms with E-state index in [2.05, 4.69) is 0 Å². The predicted octanol–water partition coefficient (Wildman–Crippen LogP) is 0.960. The van der Waals surface area contributed by atoms with Crippen molar-refractivity contribution in [2.75, 3.05) is 13.7 Å². The van der Waals surface area contributed by atoms with Gasteiger partial charge in [-0.2, -0.15) is 0 Å². The van der Waals surface area contributed by atoms with Crippen LogP contribution in [-0.4, -0.2) is 19.5 Å². The summed E-state index contributed by atoms with van der Waals surface area (Å²) in [6.45, 7) is 0.945. The van der Waals surface area contributed by atoms with Crippen LogP contribution in [0.3, 0.4) is 0 Å². The van der Waals surface area contributed by atoms with E-state index in [4.69, 9.17) is 4.74 Å². The molecular weight excluding hydrogens is 176 g/mol. The molecule has 0 saturated heterocycles. The fraction of sp³-hybridized carbons (Fsp3) is 0.917. The zero-order valence-corrected chi connectivity index (χ0v) is 8.27. The van der Waals surface area contributed by atoms with Crippen LogP contribution in [0.15, 0.2) is 0 Å². The molecule has 74 valence electrons. The van der Waals surface area contributed by atoms with Crippen LogP contribution in [0.1, 0.15) is 6.42 Å². The van der Waals surface area contributed by atoms with Crippen LogP contribution in [0.25, 0.3) is 0 Å². The van der Waals surface area contributed by atoms with Crippen molar-refractivity contribution in [3.05, 3.63) is 0 Å². The Balaban J connectivity index is 1.69. The molecule has 6 aliphatic carbocycles. The highest BCUT2D eigenvalue weighted by molar-refractivity contribution is 5.88. The first-order valence-electron chi connectivity index (χ1n) is 5.84. The molecule has 0 spiro atoms. The van der Waals surface area contributed by atoms with Crippen LogP contribution in [-0.2, 0) is 9.53 Å². The molecule has 6 fully saturated rings. The number of methoxy groups -OCH3 is 1. The van der Waals surface area contributed by atoms with Gasteiger partial charge in [0.05, 0.1) is 6.61 Å². The summed E-state index contributed by atoms with van der Waals surface area (Å²) < 4.78 is 5.41. The highest BCUT2D eigenvalue weighted by Gasteiger charge is 2.96. The van der Waals surface area contributed by atoms with E-state index in [-0.39, 0.29) is 0 Å². The average molecular weight is 190 g/mol. The number of ether oxygens (including phenoxy) is 1. The van der Waals surface area contributed by atoms with E-state index in [0.29, 0.717) is 17.1 Å². The maximum absolute atomic E-state index is 11.8. The van der Waals surface area contributed by atoms with Gasteiger partial charge in [-0.25, -0.2) is 0 Å². The Labute approximate surface area is 83.0 Å². The van der Waals surface area contributed by atoms with Crippen molar-refractivity contribution >= 4 is 5.78 Å². The van der Waals surface area contributed by atoms with Crippen molar-refractivity contribution in [2.45, 2.75) is 6.42 Å². The Morgan fingerprint density at radius 2 is 2.21 bits per heavy atom. The summed E-state index contributed by atoms with van der Waals surface area (Å²) >= 11 is 0. The summed E-state index contributed by atoms with van der Waals surface area (Å²) in [6.07, 6.45) is 0.926. The summed E-state index contributed by atoms with van der Waals surface area (Å²) in [5.41, 5.74) is 0.519. The Morgan fingerprint density at radius 1 is 1.36 bits per heavy atom. The standard InChI is InChI=1S/C12H14O2/c1-14-3-12-9-4-2-5(13)7(11(9)12)8-6(4)10(8)12/h4,6-11H,2-3H2,1H3/t4-,6+,7+,8+,9-,10-,11+,12+/m0/s1. The number of fused-ring (bicyclic) bond motifs is 1. The van der Waals surface area contributed by atoms with Gasteiger partial charge in [0.25, 0.3) is 0 Å². The van der Waals surface area contributed by atoms with Crippen molar-refractivity contribution in [2.24, 2.45) is 46.8 Å². The largest absolute Gasteiger partial charge is 0.384 e. The van der Waals surface area contributed by atoms with Crippen LogP contribution < -0.4 is 0 Å². The second-order valence-corrected chi connectivity index (χ2v) is 6.14. The molecule has 0 aromatic heterocycles. The van der Waals surface area contributed by atoms with E-state index in [1.54, 1.807) is 0 Å². The molecule has 0 aromatic carbocycles. The number of ketones is 1. The third kappa shape index (κ3) is 0.396. The maximum Gasteiger partial charge on any atom is 0.136 e. The third-order valence-electron chi connectivity index (χ3n) is 6.23. The van der Waals surface area contributed by atoms with Gasteiger partial charge in [-0.1, -0.05) is 0 Å². The number of Topliss-reactive ketones (excluding diaryl/α,β-unsaturated/α-hetero) is 1. The molecule has 0 amide bonds. The first-order valence-corrected chi connectivity index (χ1v) is 5.84. The summed E-state index contributed by atoms with van der Waals surface area (Å²) in [5, 5.41) is 0. The Kier molecular flexibility index (Phi) is 0.802. The fourth-order valence-corrected chi connectivity index (χ4v) is 6.34. The minimum absolute atomic E-state index is 0.496. The molecule has 0 heterocycles. The molecule has 0 N–H and O–H groups in total. The fourth-order valence-electron chi connectivity index (χ4n) is 6.34. The molecule has 0 aromatic rings. The van der Waals surface area contributed by atoms with Gasteiger partial charge < -0.3 is 4.74 Å². The molecule has 0 aliphatic heterocycles. The van der Waals surface area contributed by atoms with Crippen molar-refractivity contribution in [1.82, 2.24) is 0 Å². The quantitative estimate of drug-likeness (QED) is 0.648. The minimum atomic E-state index is 0.496. The molecule has 0 radical (unpaired) electrons. The number of hydrogen-bond donors (Lipinski definition) is 0. The molecule has 6 aliphatic rings. The number of rotatable bonds is 2. The van der Waals surface area contributed by atoms with Crippen LogP contribution in [0.4, 0.5) is 0 Å². The number of carbonyl (C=O) groups is 1. The van der Waals surface area contributed by atoms with Gasteiger partial charge in [-0.15, -0.1) is 0 Å². The van der Waals surface area contributed by atoms with E-state index < -0.39 is 0 Å². The van der Waals surface area contributed by atoms with Gasteiger partial charge in [-0.3, -0.25) is 4.79 Å². The van der Waals surface area contributed by atoms with Crippen LogP contribution >= 0.6 is 0 Å². The summed E-state index contributed by atoms with van der Waals surface area (Å²) in [5.74, 6) is 6.28. The molecule has 2 nitrogen and oxygen atoms in total. The average Bonchev–Trinajstić information content (AvgIpc) is 2.98. The first kappa shape index (κ1) is 7.00. The highest BCUT2D eigenvalue weighted by Crippen LogP contribution is 2.96. The van der Waals surface area contributed by atoms with Gasteiger partial charge in [0.2, 0.25) is 0 Å². The van der Waals surface area contributed by atoms with E-state index >= 15 is 0 Å². The minimum Gasteiger partial charge on any atom is -0.384 e. The molecule has 0 unspecified atom stereocenters. The van der Waals surface area contributed by atoms with Crippen LogP contribution in [0.5, 0.6) is 0 Å². The smallest absolute Gasteiger partial charge is 0.136 e. The lowest BCUT2D eigenvalue weighted by Gasteiger charge is -2.32. The van der Waals surface area contributed by atoms with Gasteiger partial charge >= 0.3 is 0 Å². The molecule has 6 rings (SSSR count). The molecule has 8 atom stereocenters. The Bertz CT molecular complexity index is 373. The summed E-state index contributed by atoms with van der Waals surface area (Å²) in [7, 11) is 1.82. The number of hydrogen-bond acceptors (Lipinski definition) is 2. The topological polar surface area (TPSA) is 26.3 Å². The molecule has 2 heteroatoms. The Morgan fingerprint density at radius 3 is 2.86 bits per heavy atom. The predicted molar refractivity (Wildman–Crippen MR) is 48.4 cm³/mol. The van der Waals surface area contributed by atoms with Crippen molar-refractivity contribution in [3.63, 3.8) is 0 Å². The highest BCUT2D eigenvalue weighted by atomic mass is 16.5. The number of carbonyl (C=O) groups excluding carboxylic acids is 1. The summed E-state index contributed by atoms with van der Waals surface area (Å²) in [6, 6.07) is 0. The SMILES string of the molecule is COC[C@@]12[C@H]3[C@@H]4[C@@H]5CC(=O)[C@H]([C@@H]43)[C@@H]1[C@H]52. The van der Waals surface area contributed by atoms with Crippen LogP contribution in [0, 0.1) is 46.8 Å².